The minimum atomic E-state index is -1.83. The number of amides is 10. The molecule has 10 aromatic rings. The third-order valence-corrected chi connectivity index (χ3v) is 24.1. The van der Waals surface area contributed by atoms with Crippen molar-refractivity contribution in [3.05, 3.63) is 171 Å². The summed E-state index contributed by atoms with van der Waals surface area (Å²) in [4.78, 5) is 143. The van der Waals surface area contributed by atoms with Crippen LogP contribution in [0.4, 0.5) is 88.3 Å². The molecular weight excluding hydrogens is 2330 g/mol. The summed E-state index contributed by atoms with van der Waals surface area (Å²) in [5.41, 5.74) is 25.7. The molecule has 5 aliphatic rings. The molecule has 0 radical (unpaired) electrons. The average molecular weight is 2420 g/mol. The summed E-state index contributed by atoms with van der Waals surface area (Å²) in [7, 11) is 5.92. The van der Waals surface area contributed by atoms with Crippen molar-refractivity contribution in [2.24, 2.45) is 53.3 Å². The number of β-amino-alcohol motifs (C(OH)–C–C–N with tert-alkyl or cyclic N) is 1. The molecule has 0 spiro atoms. The van der Waals surface area contributed by atoms with Gasteiger partial charge in [-0.3, -0.25) is 101 Å². The van der Waals surface area contributed by atoms with E-state index < -0.39 is 111 Å². The van der Waals surface area contributed by atoms with Gasteiger partial charge >= 0.3 is 59.1 Å². The first-order valence-corrected chi connectivity index (χ1v) is 46.1. The van der Waals surface area contributed by atoms with Crippen molar-refractivity contribution in [3.63, 3.8) is 0 Å². The molecule has 69 heteroatoms. The van der Waals surface area contributed by atoms with Gasteiger partial charge in [-0.1, -0.05) is 6.92 Å². The number of hydroxylamine groups is 5. The minimum Gasteiger partial charge on any atom is -0.384 e. The third-order valence-electron chi connectivity index (χ3n) is 21.1. The van der Waals surface area contributed by atoms with Gasteiger partial charge in [-0.2, -0.15) is 0 Å². The number of rotatable bonds is 25. The molecule has 5 saturated heterocycles. The zero-order valence-electron chi connectivity index (χ0n) is 77.3. The number of primary amides is 3. The lowest BCUT2D eigenvalue weighted by Gasteiger charge is -2.47. The van der Waals surface area contributed by atoms with Crippen LogP contribution in [0.25, 0.3) is 0 Å². The first kappa shape index (κ1) is 114. The Balaban J connectivity index is 0.000000177. The van der Waals surface area contributed by atoms with E-state index in [0.717, 1.165) is 19.6 Å². The van der Waals surface area contributed by atoms with Crippen LogP contribution in [0.15, 0.2) is 161 Å². The maximum Gasteiger partial charge on any atom is 0.312 e. The number of halogens is 12. The number of aliphatic hydroxyl groups is 1. The molecule has 10 heterocycles. The van der Waals surface area contributed by atoms with Crippen molar-refractivity contribution in [1.82, 2.24) is 113 Å². The van der Waals surface area contributed by atoms with Crippen molar-refractivity contribution >= 4 is 225 Å². The van der Waals surface area contributed by atoms with Gasteiger partial charge in [-0.05, 0) is 222 Å². The van der Waals surface area contributed by atoms with Crippen LogP contribution in [-0.4, -0.2) is 354 Å². The number of hydrogen-bond acceptors (Lipinski definition) is 42. The van der Waals surface area contributed by atoms with E-state index in [1.54, 1.807) is 0 Å². The van der Waals surface area contributed by atoms with Crippen molar-refractivity contribution in [1.29, 1.82) is 0 Å². The lowest BCUT2D eigenvalue weighted by molar-refractivity contribution is -0.159. The number of likely N-dealkylation sites (tertiary alicyclic amines) is 5. The Labute approximate surface area is 873 Å². The zero-order valence-corrected chi connectivity index (χ0v) is 85.2. The van der Waals surface area contributed by atoms with E-state index in [1.807, 2.05) is 34.3 Å². The van der Waals surface area contributed by atoms with Crippen LogP contribution >= 0.6 is 79.6 Å². The molecule has 794 valence electrons. The standard InChI is InChI=1S/C18H21BrFN7O4.C17H18BrF2N7O4.C15H14BrF2N7O4.C15H16BrFN8O4.C15H15BrFN7O5/c1-18(8-27(9-18)17(29)16(28)26(2)3)7-21-14-13(24-31-25-14)15(23-30)22-10-4-5-12(20)11(19)6-10;1-26(2)15(28)16(29)27-7-17(20,8-27)6-21-13-12(24-31-25-13)14(23-30)22-9-3-4-11(19)10(18)5-9;16-8-3-7(1-2-9(8)17)21-13(22-28)10-12(24-29-23-10)20-4-15(18)5-25(6-15)14(27)11(19)26;16-8-3-7(1-2-9(8)17)21-13(22-28)10-12(24-29-23-10)20-4-15(19)5-25(6-15)14(27)11(18)26;16-8-3-7(1-2-9(8)17)20-13(21-28)10-12(23-29-22-10)19-4-15(27)5-24(6-15)14(26)11(18)25/h4-6,30H,7-9H2,1-3H3,(H,21,25)(H,22,23);3-5,30H,6-8H2,1-2H3,(H,21,25)(H,22,23);1-3,28H,4-6H2,(H2,19,26)(H,20,24)(H,21,22);1-3,28H,4-6,19H2,(H2,18,26)(H,20,24)(H,21,22);1-3,27-28H,4-6H2,(H2,18,25)(H,19,23)(H,20,21). The number of hydrogen-bond donors (Lipinski definition) is 20. The van der Waals surface area contributed by atoms with Crippen LogP contribution in [0, 0.1) is 34.5 Å². The highest BCUT2D eigenvalue weighted by Gasteiger charge is 2.51. The molecule has 0 bridgehead atoms. The van der Waals surface area contributed by atoms with E-state index >= 15 is 0 Å². The van der Waals surface area contributed by atoms with E-state index in [-0.39, 0.29) is 204 Å². The summed E-state index contributed by atoms with van der Waals surface area (Å²) in [5.74, 6) is -11.4. The maximum absolute atomic E-state index is 14.8. The highest BCUT2D eigenvalue weighted by molar-refractivity contribution is 9.11. The lowest BCUT2D eigenvalue weighted by atomic mass is 9.81. The molecule has 5 aliphatic heterocycles. The summed E-state index contributed by atoms with van der Waals surface area (Å²) in [5, 5.41) is 108. The second-order valence-electron chi connectivity index (χ2n) is 33.4. The number of aliphatic imine (C=N–C) groups is 5. The predicted octanol–water partition coefficient (Wildman–Crippen LogP) is 1.90. The Morgan fingerprint density at radius 2 is 0.570 bits per heavy atom. The SMILES string of the molecule is CN(C)C(=O)C(=O)N1CC(C)(CNc2nonc2C(=Nc2ccc(F)c(Br)c2)NO)C1.CN(C)C(=O)C(=O)N1CC(F)(CNc2nonc2C(=Nc2ccc(F)c(Br)c2)NO)C1.NC(=O)C(=O)N1CC(F)(CNc2nonc2C(=Nc2ccc(F)c(Br)c2)NO)C1.NC(=O)C(=O)N1CC(N)(CNc2nonc2C(=Nc2ccc(F)c(Br)c2)NO)C1.NC(=O)C(=O)N1CC(O)(CNc2nonc2C(=Nc2ccc(F)c(Br)c2)NO)C1. The van der Waals surface area contributed by atoms with Gasteiger partial charge in [0, 0.05) is 79.4 Å². The number of likely N-dealkylation sites (N-methyl/N-ethyl adjacent to an activating group) is 2. The van der Waals surface area contributed by atoms with Crippen LogP contribution < -0.4 is 76.9 Å². The predicted molar refractivity (Wildman–Crippen MR) is 516 cm³/mol. The van der Waals surface area contributed by atoms with E-state index in [0.29, 0.717) is 36.7 Å². The number of carbonyl (C=O) groups excluding carboxylic acids is 10. The largest absolute Gasteiger partial charge is 0.384 e. The smallest absolute Gasteiger partial charge is 0.312 e. The fourth-order valence-electron chi connectivity index (χ4n) is 13.6. The van der Waals surface area contributed by atoms with Gasteiger partial charge in [0.15, 0.2) is 69.0 Å². The van der Waals surface area contributed by atoms with Gasteiger partial charge in [0.2, 0.25) is 29.1 Å². The molecule has 5 fully saturated rings. The lowest BCUT2D eigenvalue weighted by Crippen LogP contribution is -2.72. The summed E-state index contributed by atoms with van der Waals surface area (Å²) in [6.07, 6.45) is 0. The molecule has 24 N–H and O–H groups in total. The topological polar surface area (TPSA) is 796 Å². The summed E-state index contributed by atoms with van der Waals surface area (Å²) >= 11 is 15.2. The van der Waals surface area contributed by atoms with Crippen LogP contribution in [0.3, 0.4) is 0 Å². The van der Waals surface area contributed by atoms with Crippen molar-refractivity contribution in [3.8, 4) is 0 Å². The van der Waals surface area contributed by atoms with Crippen LogP contribution in [0.1, 0.15) is 35.4 Å². The first-order chi connectivity index (χ1) is 70.4. The highest BCUT2D eigenvalue weighted by atomic mass is 79.9. The second-order valence-corrected chi connectivity index (χ2v) is 37.7. The second kappa shape index (κ2) is 49.3. The number of amidine groups is 5. The minimum absolute atomic E-state index is 0.0130. The molecule has 0 atom stereocenters. The van der Waals surface area contributed by atoms with Crippen LogP contribution in [-0.2, 0) is 47.9 Å². The Morgan fingerprint density at radius 3 is 0.812 bits per heavy atom. The van der Waals surface area contributed by atoms with Crippen molar-refractivity contribution in [2.45, 2.75) is 29.4 Å². The normalized spacial score (nSPS) is 15.5. The molecule has 0 unspecified atom stereocenters. The van der Waals surface area contributed by atoms with Crippen molar-refractivity contribution < 1.29 is 133 Å². The van der Waals surface area contributed by atoms with Crippen LogP contribution in [0.5, 0.6) is 0 Å². The molecule has 0 saturated carbocycles. The Morgan fingerprint density at radius 1 is 0.349 bits per heavy atom. The number of nitrogens with one attached hydrogen (secondary N) is 10. The summed E-state index contributed by atoms with van der Waals surface area (Å²) in [6.45, 7) is 1.46. The van der Waals surface area contributed by atoms with Gasteiger partial charge in [0.25, 0.3) is 0 Å². The number of alkyl halides is 2. The van der Waals surface area contributed by atoms with Gasteiger partial charge in [0.1, 0.15) is 34.7 Å². The quantitative estimate of drug-likeness (QED) is 0.0128. The zero-order chi connectivity index (χ0) is 109. The molecule has 0 aliphatic carbocycles. The first-order valence-electron chi connectivity index (χ1n) is 42.1. The number of aromatic nitrogens is 10. The van der Waals surface area contributed by atoms with Gasteiger partial charge in [0.05, 0.1) is 109 Å². The van der Waals surface area contributed by atoms with Crippen LogP contribution in [0.2, 0.25) is 0 Å². The fraction of sp³-hybridized carbons (Fsp3) is 0.312. The van der Waals surface area contributed by atoms with Crippen molar-refractivity contribution in [2.75, 3.05) is 153 Å². The fourth-order valence-corrected chi connectivity index (χ4v) is 15.4. The molecular formula is C80H84Br5F7N36O21. The Kier molecular flexibility index (Phi) is 37.7. The van der Waals surface area contributed by atoms with E-state index in [4.69, 9.17) is 27.6 Å². The Hall–Kier alpha value is -15.5. The van der Waals surface area contributed by atoms with E-state index in [9.17, 15) is 110 Å². The molecule has 5 aromatic carbocycles. The van der Waals surface area contributed by atoms with E-state index in [1.165, 1.54) is 134 Å². The van der Waals surface area contributed by atoms with E-state index in [2.05, 4.69) is 201 Å². The number of nitrogens with two attached hydrogens (primary N) is 4. The number of anilines is 5. The number of nitrogens with zero attached hydrogens (tertiary/aromatic N) is 22. The molecule has 57 nitrogen and oxygen atoms in total. The third kappa shape index (κ3) is 29.3. The maximum atomic E-state index is 14.8. The molecule has 149 heavy (non-hydrogen) atoms. The Bertz CT molecular complexity index is 6280. The van der Waals surface area contributed by atoms with Gasteiger partial charge in [-0.15, -0.1) is 0 Å². The monoisotopic (exact) mass is 2410 g/mol. The number of carbonyl (C=O) groups is 10. The molecule has 5 aromatic heterocycles. The summed E-state index contributed by atoms with van der Waals surface area (Å²) < 4.78 is 120. The average Bonchev–Trinajstić information content (AvgIpc) is 1.61. The molecule has 15 rings (SSSR count). The summed E-state index contributed by atoms with van der Waals surface area (Å²) in [6, 6.07) is 19.8. The molecule has 10 amide bonds. The van der Waals surface area contributed by atoms with Gasteiger partial charge < -0.3 is 88.9 Å². The highest BCUT2D eigenvalue weighted by Crippen LogP contribution is 2.36. The van der Waals surface area contributed by atoms with Gasteiger partial charge in [-0.25, -0.2) is 78.8 Å². The number of benzene rings is 5.